The highest BCUT2D eigenvalue weighted by atomic mass is 16.2. The molecule has 1 aromatic rings. The highest BCUT2D eigenvalue weighted by Crippen LogP contribution is 2.23. The summed E-state index contributed by atoms with van der Waals surface area (Å²) in [4.78, 5) is 13.9. The molecule has 0 fully saturated rings. The molecule has 1 heterocycles. The van der Waals surface area contributed by atoms with Gasteiger partial charge in [-0.2, -0.15) is 0 Å². The number of anilines is 1. The summed E-state index contributed by atoms with van der Waals surface area (Å²) in [5, 5.41) is 2.92. The fourth-order valence-corrected chi connectivity index (χ4v) is 2.37. The number of benzene rings is 1. The van der Waals surface area contributed by atoms with Crippen molar-refractivity contribution in [2.24, 2.45) is 0 Å². The number of fused-ring (bicyclic) bond motifs is 1. The van der Waals surface area contributed by atoms with Crippen molar-refractivity contribution in [3.05, 3.63) is 29.3 Å². The van der Waals surface area contributed by atoms with Crippen molar-refractivity contribution in [1.29, 1.82) is 0 Å². The lowest BCUT2D eigenvalue weighted by Gasteiger charge is -2.29. The molecular weight excluding hydrogens is 226 g/mol. The number of nitrogens with zero attached hydrogens (tertiary/aromatic N) is 1. The molecule has 18 heavy (non-hydrogen) atoms. The molecule has 1 aliphatic rings. The predicted molar refractivity (Wildman–Crippen MR) is 73.1 cm³/mol. The molecule has 1 aromatic carbocycles. The summed E-state index contributed by atoms with van der Waals surface area (Å²) in [7, 11) is 0. The Morgan fingerprint density at radius 2 is 2.28 bits per heavy atom. The van der Waals surface area contributed by atoms with Gasteiger partial charge in [0, 0.05) is 24.8 Å². The summed E-state index contributed by atoms with van der Waals surface area (Å²) in [5.41, 5.74) is 9.32. The van der Waals surface area contributed by atoms with E-state index < -0.39 is 0 Å². The van der Waals surface area contributed by atoms with Crippen LogP contribution in [-0.4, -0.2) is 29.9 Å². The molecule has 0 aromatic heterocycles. The first kappa shape index (κ1) is 12.9. The van der Waals surface area contributed by atoms with Crippen LogP contribution < -0.4 is 11.1 Å². The molecule has 0 bridgehead atoms. The number of amides is 1. The zero-order chi connectivity index (χ0) is 13.1. The normalized spacial score (nSPS) is 15.5. The Morgan fingerprint density at radius 3 is 3.00 bits per heavy atom. The Bertz CT molecular complexity index is 443. The molecule has 0 radical (unpaired) electrons. The van der Waals surface area contributed by atoms with Gasteiger partial charge in [-0.15, -0.1) is 0 Å². The van der Waals surface area contributed by atoms with E-state index in [9.17, 15) is 4.79 Å². The van der Waals surface area contributed by atoms with Gasteiger partial charge in [-0.1, -0.05) is 12.1 Å². The predicted octanol–water partition coefficient (Wildman–Crippen LogP) is 1.15. The van der Waals surface area contributed by atoms with Gasteiger partial charge in [-0.05, 0) is 37.5 Å². The first-order chi connectivity index (χ1) is 8.56. The second-order valence-electron chi connectivity index (χ2n) is 5.17. The van der Waals surface area contributed by atoms with E-state index in [4.69, 9.17) is 5.73 Å². The summed E-state index contributed by atoms with van der Waals surface area (Å²) >= 11 is 0. The third kappa shape index (κ3) is 3.01. The van der Waals surface area contributed by atoms with Gasteiger partial charge in [0.2, 0.25) is 5.91 Å². The van der Waals surface area contributed by atoms with Crippen LogP contribution in [0.5, 0.6) is 0 Å². The monoisotopic (exact) mass is 247 g/mol. The van der Waals surface area contributed by atoms with Crippen LogP contribution in [0.15, 0.2) is 18.2 Å². The van der Waals surface area contributed by atoms with Crippen molar-refractivity contribution in [2.45, 2.75) is 32.9 Å². The minimum absolute atomic E-state index is 0.0861. The fraction of sp³-hybridized carbons (Fsp3) is 0.500. The standard InChI is InChI=1S/C14H21N3O/c1-10(2)16-14(18)9-17-7-6-11-4-3-5-13(15)12(11)8-17/h3-5,10H,6-9,15H2,1-2H3,(H,16,18). The van der Waals surface area contributed by atoms with Crippen LogP contribution >= 0.6 is 0 Å². The number of hydrogen-bond donors (Lipinski definition) is 2. The lowest BCUT2D eigenvalue weighted by Crippen LogP contribution is -2.42. The molecule has 1 amide bonds. The maximum Gasteiger partial charge on any atom is 0.234 e. The van der Waals surface area contributed by atoms with Gasteiger partial charge in [0.05, 0.1) is 6.54 Å². The van der Waals surface area contributed by atoms with E-state index in [0.29, 0.717) is 6.54 Å². The smallest absolute Gasteiger partial charge is 0.234 e. The zero-order valence-electron chi connectivity index (χ0n) is 11.1. The number of carbonyl (C=O) groups is 1. The molecule has 4 nitrogen and oxygen atoms in total. The maximum absolute atomic E-state index is 11.7. The molecule has 3 N–H and O–H groups in total. The Balaban J connectivity index is 1.99. The van der Waals surface area contributed by atoms with Gasteiger partial charge < -0.3 is 11.1 Å². The quantitative estimate of drug-likeness (QED) is 0.788. The van der Waals surface area contributed by atoms with Crippen molar-refractivity contribution in [3.63, 3.8) is 0 Å². The molecule has 0 saturated heterocycles. The van der Waals surface area contributed by atoms with Crippen LogP contribution in [0.4, 0.5) is 5.69 Å². The van der Waals surface area contributed by atoms with Crippen molar-refractivity contribution < 1.29 is 4.79 Å². The summed E-state index contributed by atoms with van der Waals surface area (Å²) < 4.78 is 0. The van der Waals surface area contributed by atoms with Crippen LogP contribution in [0.25, 0.3) is 0 Å². The van der Waals surface area contributed by atoms with E-state index in [1.165, 1.54) is 11.1 Å². The Labute approximate surface area is 108 Å². The van der Waals surface area contributed by atoms with Gasteiger partial charge in [-0.3, -0.25) is 9.69 Å². The summed E-state index contributed by atoms with van der Waals surface area (Å²) in [5.74, 6) is 0.0861. The summed E-state index contributed by atoms with van der Waals surface area (Å²) in [6, 6.07) is 6.24. The van der Waals surface area contributed by atoms with Gasteiger partial charge in [0.25, 0.3) is 0 Å². The fourth-order valence-electron chi connectivity index (χ4n) is 2.37. The van der Waals surface area contributed by atoms with Crippen molar-refractivity contribution >= 4 is 11.6 Å². The third-order valence-corrected chi connectivity index (χ3v) is 3.21. The average Bonchev–Trinajstić information content (AvgIpc) is 2.29. The van der Waals surface area contributed by atoms with Crippen molar-refractivity contribution in [1.82, 2.24) is 10.2 Å². The largest absolute Gasteiger partial charge is 0.398 e. The summed E-state index contributed by atoms with van der Waals surface area (Å²) in [6.45, 7) is 6.09. The van der Waals surface area contributed by atoms with Gasteiger partial charge >= 0.3 is 0 Å². The molecule has 98 valence electrons. The average molecular weight is 247 g/mol. The number of rotatable bonds is 3. The first-order valence-electron chi connectivity index (χ1n) is 6.44. The van der Waals surface area contributed by atoms with E-state index in [1.54, 1.807) is 0 Å². The van der Waals surface area contributed by atoms with Crippen LogP contribution in [0.2, 0.25) is 0 Å². The van der Waals surface area contributed by atoms with Crippen LogP contribution in [0.3, 0.4) is 0 Å². The molecule has 2 rings (SSSR count). The molecule has 0 saturated carbocycles. The Morgan fingerprint density at radius 1 is 1.50 bits per heavy atom. The van der Waals surface area contributed by atoms with Gasteiger partial charge in [-0.25, -0.2) is 0 Å². The topological polar surface area (TPSA) is 58.4 Å². The molecular formula is C14H21N3O. The lowest BCUT2D eigenvalue weighted by molar-refractivity contribution is -0.122. The zero-order valence-corrected chi connectivity index (χ0v) is 11.1. The van der Waals surface area contributed by atoms with E-state index in [0.717, 1.165) is 25.2 Å². The van der Waals surface area contributed by atoms with Gasteiger partial charge in [0.1, 0.15) is 0 Å². The van der Waals surface area contributed by atoms with E-state index >= 15 is 0 Å². The summed E-state index contributed by atoms with van der Waals surface area (Å²) in [6.07, 6.45) is 0.968. The molecule has 4 heteroatoms. The molecule has 0 atom stereocenters. The lowest BCUT2D eigenvalue weighted by atomic mass is 9.98. The minimum Gasteiger partial charge on any atom is -0.398 e. The van der Waals surface area contributed by atoms with E-state index in [2.05, 4.69) is 16.3 Å². The van der Waals surface area contributed by atoms with Crippen LogP contribution in [0, 0.1) is 0 Å². The SMILES string of the molecule is CC(C)NC(=O)CN1CCc2cccc(N)c2C1. The second-order valence-corrected chi connectivity index (χ2v) is 5.17. The van der Waals surface area contributed by atoms with Crippen molar-refractivity contribution in [3.8, 4) is 0 Å². The highest BCUT2D eigenvalue weighted by molar-refractivity contribution is 5.78. The van der Waals surface area contributed by atoms with E-state index in [1.807, 2.05) is 26.0 Å². The molecule has 0 unspecified atom stereocenters. The molecule has 0 spiro atoms. The number of nitrogen functional groups attached to an aromatic ring is 1. The van der Waals surface area contributed by atoms with Crippen molar-refractivity contribution in [2.75, 3.05) is 18.8 Å². The minimum atomic E-state index is 0.0861. The second kappa shape index (κ2) is 5.40. The van der Waals surface area contributed by atoms with Crippen LogP contribution in [0.1, 0.15) is 25.0 Å². The maximum atomic E-state index is 11.7. The Hall–Kier alpha value is -1.55. The van der Waals surface area contributed by atoms with Crippen LogP contribution in [-0.2, 0) is 17.8 Å². The van der Waals surface area contributed by atoms with Gasteiger partial charge in [0.15, 0.2) is 0 Å². The highest BCUT2D eigenvalue weighted by Gasteiger charge is 2.19. The number of hydrogen-bond acceptors (Lipinski definition) is 3. The first-order valence-corrected chi connectivity index (χ1v) is 6.44. The van der Waals surface area contributed by atoms with E-state index in [-0.39, 0.29) is 11.9 Å². The Kier molecular flexibility index (Phi) is 3.87. The molecule has 0 aliphatic carbocycles. The number of nitrogens with two attached hydrogens (primary N) is 1. The third-order valence-electron chi connectivity index (χ3n) is 3.21. The number of nitrogens with one attached hydrogen (secondary N) is 1. The molecule has 1 aliphatic heterocycles. The number of carbonyl (C=O) groups excluding carboxylic acids is 1.